The smallest absolute Gasteiger partial charge is 0.240 e. The highest BCUT2D eigenvalue weighted by molar-refractivity contribution is 4.88. The van der Waals surface area contributed by atoms with Crippen molar-refractivity contribution in [3.8, 4) is 0 Å². The topological polar surface area (TPSA) is 74.2 Å². The molecule has 0 saturated carbocycles. The molecule has 1 atom stereocenters. The molecule has 5 heteroatoms. The van der Waals surface area contributed by atoms with E-state index in [1.807, 2.05) is 6.92 Å². The van der Waals surface area contributed by atoms with E-state index in [4.69, 9.17) is 15.0 Å². The average molecular weight is 157 g/mol. The Morgan fingerprint density at radius 3 is 2.91 bits per heavy atom. The second-order valence-electron chi connectivity index (χ2n) is 2.13. The Kier molecular flexibility index (Phi) is 2.56. The number of ether oxygens (including phenoxy) is 1. The molecule has 0 aromatic carbocycles. The number of nitrogens with two attached hydrogens (primary N) is 1. The predicted octanol–water partition coefficient (Wildman–Crippen LogP) is 0.236. The highest BCUT2D eigenvalue weighted by Crippen LogP contribution is 2.10. The van der Waals surface area contributed by atoms with Crippen LogP contribution in [0.15, 0.2) is 4.52 Å². The van der Waals surface area contributed by atoms with Gasteiger partial charge in [0, 0.05) is 7.11 Å². The Balaban J connectivity index is 2.71. The van der Waals surface area contributed by atoms with E-state index in [0.717, 1.165) is 0 Å². The molecule has 0 spiro atoms. The maximum absolute atomic E-state index is 5.27. The lowest BCUT2D eigenvalue weighted by molar-refractivity contribution is 0.109. The van der Waals surface area contributed by atoms with E-state index in [2.05, 4.69) is 10.1 Å². The van der Waals surface area contributed by atoms with Gasteiger partial charge in [-0.1, -0.05) is 5.16 Å². The summed E-state index contributed by atoms with van der Waals surface area (Å²) in [6.45, 7) is 2.11. The summed E-state index contributed by atoms with van der Waals surface area (Å²) in [6, 6.07) is 0. The molecule has 62 valence electrons. The summed E-state index contributed by atoms with van der Waals surface area (Å²) in [6.07, 6.45) is -0.140. The summed E-state index contributed by atoms with van der Waals surface area (Å²) in [4.78, 5) is 3.97. The molecule has 0 aliphatic rings. The van der Waals surface area contributed by atoms with Gasteiger partial charge >= 0.3 is 0 Å². The highest BCUT2D eigenvalue weighted by Gasteiger charge is 2.10. The van der Waals surface area contributed by atoms with Crippen molar-refractivity contribution in [2.24, 2.45) is 5.73 Å². The van der Waals surface area contributed by atoms with Crippen LogP contribution in [0.2, 0.25) is 0 Å². The molecule has 1 aromatic rings. The molecular formula is C6H11N3O2. The van der Waals surface area contributed by atoms with Gasteiger partial charge in [-0.25, -0.2) is 0 Å². The first-order valence-electron chi connectivity index (χ1n) is 3.33. The van der Waals surface area contributed by atoms with Crippen molar-refractivity contribution < 1.29 is 9.26 Å². The predicted molar refractivity (Wildman–Crippen MR) is 37.6 cm³/mol. The number of methoxy groups -OCH3 is 1. The fraction of sp³-hybridized carbons (Fsp3) is 0.667. The van der Waals surface area contributed by atoms with E-state index in [0.29, 0.717) is 11.7 Å². The zero-order valence-electron chi connectivity index (χ0n) is 6.57. The molecule has 1 aromatic heterocycles. The van der Waals surface area contributed by atoms with Crippen LogP contribution in [-0.2, 0) is 11.3 Å². The van der Waals surface area contributed by atoms with Crippen LogP contribution < -0.4 is 5.73 Å². The first kappa shape index (κ1) is 8.16. The van der Waals surface area contributed by atoms with Crippen molar-refractivity contribution in [1.29, 1.82) is 0 Å². The van der Waals surface area contributed by atoms with Crippen molar-refractivity contribution in [2.45, 2.75) is 19.6 Å². The van der Waals surface area contributed by atoms with E-state index in [1.165, 1.54) is 0 Å². The minimum absolute atomic E-state index is 0.140. The second kappa shape index (κ2) is 3.45. The van der Waals surface area contributed by atoms with Gasteiger partial charge in [-0.05, 0) is 6.92 Å². The van der Waals surface area contributed by atoms with E-state index < -0.39 is 0 Å². The maximum Gasteiger partial charge on any atom is 0.240 e. The van der Waals surface area contributed by atoms with Gasteiger partial charge in [0.1, 0.15) is 6.10 Å². The summed E-state index contributed by atoms with van der Waals surface area (Å²) >= 11 is 0. The maximum atomic E-state index is 5.27. The fourth-order valence-electron chi connectivity index (χ4n) is 0.621. The lowest BCUT2D eigenvalue weighted by Crippen LogP contribution is -2.00. The summed E-state index contributed by atoms with van der Waals surface area (Å²) in [7, 11) is 1.59. The van der Waals surface area contributed by atoms with Crippen LogP contribution in [0.5, 0.6) is 0 Å². The average Bonchev–Trinajstić information content (AvgIpc) is 2.50. The molecule has 2 N–H and O–H groups in total. The van der Waals surface area contributed by atoms with Crippen LogP contribution in [0.4, 0.5) is 0 Å². The van der Waals surface area contributed by atoms with Crippen molar-refractivity contribution in [1.82, 2.24) is 10.1 Å². The highest BCUT2D eigenvalue weighted by atomic mass is 16.5. The van der Waals surface area contributed by atoms with E-state index >= 15 is 0 Å². The quantitative estimate of drug-likeness (QED) is 0.680. The standard InChI is InChI=1S/C6H11N3O2/c1-4(10-2)6-8-5(3-7)11-9-6/h4H,3,7H2,1-2H3/t4-/m1/s1. The van der Waals surface area contributed by atoms with Crippen LogP contribution in [-0.4, -0.2) is 17.3 Å². The molecule has 0 amide bonds. The molecule has 0 fully saturated rings. The second-order valence-corrected chi connectivity index (χ2v) is 2.13. The van der Waals surface area contributed by atoms with Crippen molar-refractivity contribution in [2.75, 3.05) is 7.11 Å². The SMILES string of the molecule is CO[C@H](C)c1noc(CN)n1. The van der Waals surface area contributed by atoms with Crippen LogP contribution in [0.1, 0.15) is 24.7 Å². The van der Waals surface area contributed by atoms with Gasteiger partial charge in [-0.3, -0.25) is 0 Å². The van der Waals surface area contributed by atoms with E-state index in [9.17, 15) is 0 Å². The van der Waals surface area contributed by atoms with Crippen LogP contribution in [0.3, 0.4) is 0 Å². The normalized spacial score (nSPS) is 13.4. The fourth-order valence-corrected chi connectivity index (χ4v) is 0.621. The lowest BCUT2D eigenvalue weighted by atomic mass is 10.4. The van der Waals surface area contributed by atoms with Gasteiger partial charge in [-0.2, -0.15) is 4.98 Å². The number of nitrogens with zero attached hydrogens (tertiary/aromatic N) is 2. The minimum Gasteiger partial charge on any atom is -0.374 e. The molecule has 1 rings (SSSR count). The summed E-state index contributed by atoms with van der Waals surface area (Å²) in [5.41, 5.74) is 5.27. The first-order valence-corrected chi connectivity index (χ1v) is 3.33. The van der Waals surface area contributed by atoms with Crippen molar-refractivity contribution in [3.05, 3.63) is 11.7 Å². The van der Waals surface area contributed by atoms with Crippen molar-refractivity contribution >= 4 is 0 Å². The third-order valence-corrected chi connectivity index (χ3v) is 1.38. The van der Waals surface area contributed by atoms with Gasteiger partial charge in [0.2, 0.25) is 5.89 Å². The number of hydrogen-bond acceptors (Lipinski definition) is 5. The third-order valence-electron chi connectivity index (χ3n) is 1.38. The molecule has 0 aliphatic heterocycles. The zero-order chi connectivity index (χ0) is 8.27. The van der Waals surface area contributed by atoms with Crippen LogP contribution in [0, 0.1) is 0 Å². The number of hydrogen-bond donors (Lipinski definition) is 1. The van der Waals surface area contributed by atoms with Gasteiger partial charge in [-0.15, -0.1) is 0 Å². The molecule has 0 aliphatic carbocycles. The molecule has 0 bridgehead atoms. The lowest BCUT2D eigenvalue weighted by Gasteiger charge is -2.00. The Morgan fingerprint density at radius 1 is 1.73 bits per heavy atom. The van der Waals surface area contributed by atoms with Crippen LogP contribution in [0.25, 0.3) is 0 Å². The summed E-state index contributed by atoms with van der Waals surface area (Å²) in [5, 5.41) is 3.67. The Hall–Kier alpha value is -0.940. The largest absolute Gasteiger partial charge is 0.374 e. The van der Waals surface area contributed by atoms with Gasteiger partial charge in [0.05, 0.1) is 6.54 Å². The van der Waals surface area contributed by atoms with E-state index in [-0.39, 0.29) is 12.6 Å². The molecule has 0 radical (unpaired) electrons. The number of rotatable bonds is 3. The molecule has 0 unspecified atom stereocenters. The van der Waals surface area contributed by atoms with Crippen LogP contribution >= 0.6 is 0 Å². The Morgan fingerprint density at radius 2 is 2.45 bits per heavy atom. The Bertz CT molecular complexity index is 223. The monoisotopic (exact) mass is 157 g/mol. The Labute approximate surface area is 64.5 Å². The minimum atomic E-state index is -0.140. The first-order chi connectivity index (χ1) is 5.27. The molecule has 5 nitrogen and oxygen atoms in total. The summed E-state index contributed by atoms with van der Waals surface area (Å²) < 4.78 is 9.74. The van der Waals surface area contributed by atoms with E-state index in [1.54, 1.807) is 7.11 Å². The summed E-state index contributed by atoms with van der Waals surface area (Å²) in [5.74, 6) is 0.969. The number of aromatic nitrogens is 2. The molecule has 0 saturated heterocycles. The van der Waals surface area contributed by atoms with Crippen molar-refractivity contribution in [3.63, 3.8) is 0 Å². The molecule has 11 heavy (non-hydrogen) atoms. The van der Waals surface area contributed by atoms with Gasteiger partial charge < -0.3 is 15.0 Å². The third kappa shape index (κ3) is 1.75. The molecule has 1 heterocycles. The van der Waals surface area contributed by atoms with Gasteiger partial charge in [0.25, 0.3) is 0 Å². The van der Waals surface area contributed by atoms with Gasteiger partial charge in [0.15, 0.2) is 5.82 Å². The zero-order valence-corrected chi connectivity index (χ0v) is 6.57. The molecular weight excluding hydrogens is 146 g/mol.